The minimum atomic E-state index is -4.55. The summed E-state index contributed by atoms with van der Waals surface area (Å²) in [6.07, 6.45) is -4.55. The van der Waals surface area contributed by atoms with Gasteiger partial charge in [-0.3, -0.25) is 0 Å². The third-order valence-electron chi connectivity index (χ3n) is 3.85. The first-order valence-corrected chi connectivity index (χ1v) is 8.38. The van der Waals surface area contributed by atoms with E-state index in [1.54, 1.807) is 63.6 Å². The van der Waals surface area contributed by atoms with Crippen molar-refractivity contribution in [3.63, 3.8) is 0 Å². The van der Waals surface area contributed by atoms with Gasteiger partial charge in [-0.25, -0.2) is 8.93 Å². The maximum atomic E-state index is 13.7. The third kappa shape index (κ3) is 3.45. The van der Waals surface area contributed by atoms with Gasteiger partial charge in [0, 0.05) is 29.2 Å². The van der Waals surface area contributed by atoms with E-state index >= 15 is 0 Å². The molecule has 3 nitrogen and oxygen atoms in total. The first-order chi connectivity index (χ1) is 10.4. The van der Waals surface area contributed by atoms with Crippen LogP contribution < -0.4 is 4.72 Å². The van der Waals surface area contributed by atoms with Crippen LogP contribution in [0.5, 0.6) is 0 Å². The first-order valence-electron chi connectivity index (χ1n) is 7.23. The molecule has 2 rings (SSSR count). The van der Waals surface area contributed by atoms with Gasteiger partial charge in [0.1, 0.15) is 6.04 Å². The second kappa shape index (κ2) is 5.94. The number of hydrogen-bond acceptors (Lipinski definition) is 1. The number of halogens is 3. The summed E-state index contributed by atoms with van der Waals surface area (Å²) in [5, 5.41) is 0.522. The molecular weight excluding hydrogens is 325 g/mol. The van der Waals surface area contributed by atoms with Crippen LogP contribution in [0.15, 0.2) is 24.3 Å². The quantitative estimate of drug-likeness (QED) is 0.890. The molecule has 0 aliphatic carbocycles. The van der Waals surface area contributed by atoms with Crippen molar-refractivity contribution in [2.45, 2.75) is 44.7 Å². The van der Waals surface area contributed by atoms with Crippen molar-refractivity contribution in [2.75, 3.05) is 0 Å². The summed E-state index contributed by atoms with van der Waals surface area (Å²) >= 11 is 0. The van der Waals surface area contributed by atoms with E-state index in [-0.39, 0.29) is 5.56 Å². The lowest BCUT2D eigenvalue weighted by molar-refractivity contribution is -0.152. The predicted octanol–water partition coefficient (Wildman–Crippen LogP) is 4.14. The normalized spacial score (nSPS) is 15.8. The second-order valence-electron chi connectivity index (χ2n) is 6.55. The molecule has 2 aromatic rings. The molecule has 2 unspecified atom stereocenters. The van der Waals surface area contributed by atoms with Crippen LogP contribution in [-0.4, -0.2) is 19.7 Å². The molecule has 0 spiro atoms. The van der Waals surface area contributed by atoms with E-state index in [0.717, 1.165) is 5.52 Å². The summed E-state index contributed by atoms with van der Waals surface area (Å²) in [6.45, 7) is 6.56. The number of aryl methyl sites for hydroxylation is 1. The number of para-hydroxylation sites is 1. The zero-order valence-corrected chi connectivity index (χ0v) is 14.6. The highest BCUT2D eigenvalue weighted by atomic mass is 32.2. The van der Waals surface area contributed by atoms with E-state index in [1.807, 2.05) is 0 Å². The van der Waals surface area contributed by atoms with E-state index in [1.165, 1.54) is 0 Å². The lowest BCUT2D eigenvalue weighted by Crippen LogP contribution is -2.41. The Hall–Kier alpha value is -1.34. The van der Waals surface area contributed by atoms with Crippen molar-refractivity contribution < 1.29 is 17.4 Å². The Morgan fingerprint density at radius 3 is 2.26 bits per heavy atom. The summed E-state index contributed by atoms with van der Waals surface area (Å²) in [5.74, 6) is 0. The average Bonchev–Trinajstić information content (AvgIpc) is 2.67. The van der Waals surface area contributed by atoms with Gasteiger partial charge in [-0.2, -0.15) is 13.2 Å². The molecule has 0 bridgehead atoms. The number of fused-ring (bicyclic) bond motifs is 1. The van der Waals surface area contributed by atoms with Crippen molar-refractivity contribution in [1.29, 1.82) is 0 Å². The van der Waals surface area contributed by atoms with E-state index in [9.17, 15) is 17.4 Å². The minimum absolute atomic E-state index is 0.133. The lowest BCUT2D eigenvalue weighted by atomic mass is 10.0. The zero-order valence-electron chi connectivity index (χ0n) is 13.8. The summed E-state index contributed by atoms with van der Waals surface area (Å²) in [5.41, 5.74) is 1.36. The average molecular weight is 346 g/mol. The van der Waals surface area contributed by atoms with E-state index < -0.39 is 28.0 Å². The molecule has 0 aliphatic rings. The number of benzene rings is 1. The van der Waals surface area contributed by atoms with Gasteiger partial charge in [0.05, 0.1) is 15.7 Å². The molecule has 2 atom stereocenters. The van der Waals surface area contributed by atoms with Gasteiger partial charge in [-0.05, 0) is 33.8 Å². The Balaban J connectivity index is 2.62. The molecule has 128 valence electrons. The summed E-state index contributed by atoms with van der Waals surface area (Å²) in [6, 6.07) is 4.96. The van der Waals surface area contributed by atoms with Crippen molar-refractivity contribution in [1.82, 2.24) is 9.29 Å². The van der Waals surface area contributed by atoms with E-state index in [2.05, 4.69) is 4.72 Å². The van der Waals surface area contributed by atoms with Gasteiger partial charge < -0.3 is 4.57 Å². The molecule has 0 saturated heterocycles. The molecular formula is C16H21F3N2OS. The highest BCUT2D eigenvalue weighted by molar-refractivity contribution is 7.84. The Morgan fingerprint density at radius 2 is 1.74 bits per heavy atom. The maximum absolute atomic E-state index is 13.7. The molecule has 23 heavy (non-hydrogen) atoms. The Bertz CT molecular complexity index is 744. The summed E-state index contributed by atoms with van der Waals surface area (Å²) in [4.78, 5) is 0. The zero-order chi connectivity index (χ0) is 17.6. The molecule has 0 radical (unpaired) electrons. The van der Waals surface area contributed by atoms with Crippen molar-refractivity contribution in [3.8, 4) is 0 Å². The van der Waals surface area contributed by atoms with Crippen LogP contribution in [0.2, 0.25) is 0 Å². The standard InChI is InChI=1S/C16H21F3N2OS/c1-10-13(11-8-6-7-9-12(11)21(10)5)14(16(17,18)19)20-23(22)15(2,3)4/h6-9,14,20H,1-5H3. The molecule has 0 fully saturated rings. The molecule has 0 saturated carbocycles. The summed E-state index contributed by atoms with van der Waals surface area (Å²) < 4.78 is 56.5. The Morgan fingerprint density at radius 1 is 1.17 bits per heavy atom. The number of hydrogen-bond donors (Lipinski definition) is 1. The largest absolute Gasteiger partial charge is 0.408 e. The fourth-order valence-electron chi connectivity index (χ4n) is 2.49. The third-order valence-corrected chi connectivity index (χ3v) is 5.41. The predicted molar refractivity (Wildman–Crippen MR) is 87.5 cm³/mol. The Labute approximate surface area is 136 Å². The van der Waals surface area contributed by atoms with Crippen LogP contribution in [0, 0.1) is 6.92 Å². The van der Waals surface area contributed by atoms with E-state index in [4.69, 9.17) is 0 Å². The van der Waals surface area contributed by atoms with Gasteiger partial charge in [0.25, 0.3) is 0 Å². The molecule has 1 aromatic carbocycles. The lowest BCUT2D eigenvalue weighted by Gasteiger charge is -2.26. The minimum Gasteiger partial charge on any atom is -0.348 e. The maximum Gasteiger partial charge on any atom is 0.408 e. The van der Waals surface area contributed by atoms with Crippen LogP contribution >= 0.6 is 0 Å². The molecule has 7 heteroatoms. The highest BCUT2D eigenvalue weighted by Crippen LogP contribution is 2.39. The van der Waals surface area contributed by atoms with Crippen molar-refractivity contribution in [3.05, 3.63) is 35.5 Å². The van der Waals surface area contributed by atoms with Crippen molar-refractivity contribution in [2.24, 2.45) is 7.05 Å². The van der Waals surface area contributed by atoms with Gasteiger partial charge in [-0.1, -0.05) is 18.2 Å². The number of rotatable bonds is 3. The van der Waals surface area contributed by atoms with Crippen LogP contribution in [-0.2, 0) is 18.0 Å². The molecule has 1 heterocycles. The highest BCUT2D eigenvalue weighted by Gasteiger charge is 2.45. The Kier molecular flexibility index (Phi) is 4.65. The van der Waals surface area contributed by atoms with Gasteiger partial charge in [0.2, 0.25) is 0 Å². The first kappa shape index (κ1) is 18.0. The fourth-order valence-corrected chi connectivity index (χ4v) is 3.31. The monoisotopic (exact) mass is 346 g/mol. The number of nitrogens with one attached hydrogen (secondary N) is 1. The van der Waals surface area contributed by atoms with Crippen LogP contribution in [0.25, 0.3) is 10.9 Å². The molecule has 1 aromatic heterocycles. The topological polar surface area (TPSA) is 34.0 Å². The van der Waals surface area contributed by atoms with E-state index in [0.29, 0.717) is 11.1 Å². The van der Waals surface area contributed by atoms with Crippen molar-refractivity contribution >= 4 is 21.9 Å². The molecule has 0 amide bonds. The van der Waals surface area contributed by atoms with Gasteiger partial charge in [-0.15, -0.1) is 0 Å². The number of aromatic nitrogens is 1. The smallest absolute Gasteiger partial charge is 0.348 e. The number of alkyl halides is 3. The molecule has 0 aliphatic heterocycles. The fraction of sp³-hybridized carbons (Fsp3) is 0.500. The van der Waals surface area contributed by atoms with Gasteiger partial charge >= 0.3 is 6.18 Å². The summed E-state index contributed by atoms with van der Waals surface area (Å²) in [7, 11) is -0.104. The van der Waals surface area contributed by atoms with Gasteiger partial charge in [0.15, 0.2) is 0 Å². The van der Waals surface area contributed by atoms with Crippen LogP contribution in [0.3, 0.4) is 0 Å². The molecule has 1 N–H and O–H groups in total. The van der Waals surface area contributed by atoms with Crippen LogP contribution in [0.1, 0.15) is 38.1 Å². The second-order valence-corrected chi connectivity index (χ2v) is 8.55. The van der Waals surface area contributed by atoms with Crippen LogP contribution in [0.4, 0.5) is 13.2 Å². The SMILES string of the molecule is Cc1c(C(NS(=O)C(C)(C)C)C(F)(F)F)c2ccccc2n1C. The number of nitrogens with zero attached hydrogens (tertiary/aromatic N) is 1.